The van der Waals surface area contributed by atoms with Crippen LogP contribution in [-0.4, -0.2) is 54.8 Å². The van der Waals surface area contributed by atoms with Crippen molar-refractivity contribution in [2.24, 2.45) is 11.8 Å². The first-order valence-electron chi connectivity index (χ1n) is 7.55. The number of fused-ring (bicyclic) bond motifs is 2. The molecule has 3 aliphatic heterocycles. The van der Waals surface area contributed by atoms with Crippen LogP contribution < -0.4 is 5.32 Å². The lowest BCUT2D eigenvalue weighted by molar-refractivity contribution is -0.139. The van der Waals surface area contributed by atoms with Crippen molar-refractivity contribution >= 4 is 12.1 Å². The summed E-state index contributed by atoms with van der Waals surface area (Å²) in [6.45, 7) is 2.67. The van der Waals surface area contributed by atoms with Gasteiger partial charge in [-0.2, -0.15) is 0 Å². The van der Waals surface area contributed by atoms with Crippen LogP contribution in [0.5, 0.6) is 0 Å². The molecule has 0 radical (unpaired) electrons. The molecule has 0 aromatic heterocycles. The second kappa shape index (κ2) is 4.35. The lowest BCUT2D eigenvalue weighted by Crippen LogP contribution is -2.50. The summed E-state index contributed by atoms with van der Waals surface area (Å²) in [7, 11) is 0. The molecule has 2 bridgehead atoms. The molecule has 1 saturated carbocycles. The van der Waals surface area contributed by atoms with E-state index in [4.69, 9.17) is 9.47 Å². The Hall–Kier alpha value is -1.30. The van der Waals surface area contributed by atoms with E-state index in [1.807, 2.05) is 4.90 Å². The smallest absolute Gasteiger partial charge is 0.430 e. The Balaban J connectivity index is 1.40. The lowest BCUT2D eigenvalue weighted by Gasteiger charge is -2.37. The van der Waals surface area contributed by atoms with Crippen molar-refractivity contribution in [3.8, 4) is 0 Å². The third kappa shape index (κ3) is 1.81. The van der Waals surface area contributed by atoms with Crippen LogP contribution in [0.2, 0.25) is 0 Å². The average molecular weight is 280 g/mol. The lowest BCUT2D eigenvalue weighted by atomic mass is 9.90. The summed E-state index contributed by atoms with van der Waals surface area (Å²) in [5, 5.41) is 3.44. The number of likely N-dealkylation sites (tertiary alicyclic amines) is 1. The molecule has 0 aromatic rings. The molecule has 1 amide bonds. The quantitative estimate of drug-likeness (QED) is 0.709. The third-order valence-electron chi connectivity index (χ3n) is 5.46. The van der Waals surface area contributed by atoms with Crippen LogP contribution >= 0.6 is 0 Å². The molecule has 4 fully saturated rings. The maximum absolute atomic E-state index is 12.7. The zero-order valence-corrected chi connectivity index (χ0v) is 11.5. The SMILES string of the molecule is O=C1OCC2(CCN(C(=O)[C@@H]3[C@H]4CC[C@@H]3NC4)CC2)O1. The number of nitrogens with one attached hydrogen (secondary N) is 1. The van der Waals surface area contributed by atoms with Gasteiger partial charge in [0.25, 0.3) is 0 Å². The van der Waals surface area contributed by atoms with Gasteiger partial charge >= 0.3 is 6.16 Å². The summed E-state index contributed by atoms with van der Waals surface area (Å²) in [6.07, 6.45) is 3.13. The standard InChI is InChI=1S/C14H20N2O4/c17-12(11-9-1-2-10(11)15-7-9)16-5-3-14(4-6-16)8-19-13(18)20-14/h9-11,15H,1-8H2/t9-,10-,11+/m0/s1. The van der Waals surface area contributed by atoms with Gasteiger partial charge < -0.3 is 19.7 Å². The fourth-order valence-corrected chi connectivity index (χ4v) is 4.23. The Morgan fingerprint density at radius 2 is 2.10 bits per heavy atom. The molecule has 3 atom stereocenters. The largest absolute Gasteiger partial charge is 0.509 e. The summed E-state index contributed by atoms with van der Waals surface area (Å²) in [6, 6.07) is 0.385. The minimum absolute atomic E-state index is 0.173. The molecular weight excluding hydrogens is 260 g/mol. The minimum atomic E-state index is -0.567. The molecule has 20 heavy (non-hydrogen) atoms. The molecule has 1 spiro atoms. The van der Waals surface area contributed by atoms with E-state index in [2.05, 4.69) is 5.32 Å². The second-order valence-corrected chi connectivity index (χ2v) is 6.53. The zero-order valence-electron chi connectivity index (χ0n) is 11.5. The van der Waals surface area contributed by atoms with Crippen molar-refractivity contribution in [3.63, 3.8) is 0 Å². The monoisotopic (exact) mass is 280 g/mol. The van der Waals surface area contributed by atoms with E-state index < -0.39 is 11.8 Å². The van der Waals surface area contributed by atoms with E-state index in [0.717, 1.165) is 13.0 Å². The molecule has 110 valence electrons. The highest BCUT2D eigenvalue weighted by atomic mass is 16.8. The van der Waals surface area contributed by atoms with Gasteiger partial charge in [0, 0.05) is 32.0 Å². The number of nitrogens with zero attached hydrogens (tertiary/aromatic N) is 1. The van der Waals surface area contributed by atoms with Crippen molar-refractivity contribution in [2.75, 3.05) is 26.2 Å². The first kappa shape index (κ1) is 12.4. The predicted octanol–water partition coefficient (Wildman–Crippen LogP) is 0.512. The third-order valence-corrected chi connectivity index (χ3v) is 5.46. The topological polar surface area (TPSA) is 67.9 Å². The van der Waals surface area contributed by atoms with Gasteiger partial charge in [0.1, 0.15) is 6.61 Å². The van der Waals surface area contributed by atoms with Crippen molar-refractivity contribution in [1.29, 1.82) is 0 Å². The molecule has 1 N–H and O–H groups in total. The van der Waals surface area contributed by atoms with Gasteiger partial charge in [0.15, 0.2) is 5.60 Å². The van der Waals surface area contributed by atoms with E-state index in [9.17, 15) is 9.59 Å². The summed E-state index contributed by atoms with van der Waals surface area (Å²) < 4.78 is 10.2. The number of ether oxygens (including phenoxy) is 2. The van der Waals surface area contributed by atoms with Crippen LogP contribution in [-0.2, 0) is 14.3 Å². The van der Waals surface area contributed by atoms with Crippen LogP contribution in [0.4, 0.5) is 4.79 Å². The second-order valence-electron chi connectivity index (χ2n) is 6.53. The Bertz CT molecular complexity index is 424. The van der Waals surface area contributed by atoms with Crippen LogP contribution in [0.25, 0.3) is 0 Å². The van der Waals surface area contributed by atoms with Gasteiger partial charge in [-0.1, -0.05) is 0 Å². The van der Waals surface area contributed by atoms with Crippen molar-refractivity contribution in [2.45, 2.75) is 37.3 Å². The van der Waals surface area contributed by atoms with Crippen LogP contribution in [0.3, 0.4) is 0 Å². The molecule has 4 rings (SSSR count). The van der Waals surface area contributed by atoms with Crippen molar-refractivity contribution in [1.82, 2.24) is 10.2 Å². The van der Waals surface area contributed by atoms with E-state index >= 15 is 0 Å². The average Bonchev–Trinajstić information content (AvgIpc) is 3.14. The Morgan fingerprint density at radius 1 is 1.30 bits per heavy atom. The van der Waals surface area contributed by atoms with Gasteiger partial charge in [-0.3, -0.25) is 4.79 Å². The first-order valence-corrected chi connectivity index (χ1v) is 7.55. The summed E-state index contributed by atoms with van der Waals surface area (Å²) in [5.74, 6) is 0.991. The molecule has 1 aliphatic carbocycles. The normalized spacial score (nSPS) is 38.1. The molecule has 3 heterocycles. The van der Waals surface area contributed by atoms with Crippen LogP contribution in [0.1, 0.15) is 25.7 Å². The number of hydrogen-bond donors (Lipinski definition) is 1. The van der Waals surface area contributed by atoms with Crippen molar-refractivity contribution in [3.05, 3.63) is 0 Å². The molecule has 0 unspecified atom stereocenters. The van der Waals surface area contributed by atoms with Gasteiger partial charge in [0.05, 0.1) is 5.92 Å². The number of amides is 1. The molecular formula is C14H20N2O4. The summed E-state index contributed by atoms with van der Waals surface area (Å²) in [4.78, 5) is 25.7. The molecule has 3 saturated heterocycles. The minimum Gasteiger partial charge on any atom is -0.430 e. The highest BCUT2D eigenvalue weighted by Crippen LogP contribution is 2.39. The van der Waals surface area contributed by atoms with Gasteiger partial charge in [-0.25, -0.2) is 4.79 Å². The van der Waals surface area contributed by atoms with E-state index in [0.29, 0.717) is 50.4 Å². The van der Waals surface area contributed by atoms with Gasteiger partial charge in [0.2, 0.25) is 5.91 Å². The maximum Gasteiger partial charge on any atom is 0.509 e. The number of rotatable bonds is 1. The van der Waals surface area contributed by atoms with E-state index in [1.54, 1.807) is 0 Å². The number of piperidine rings is 2. The number of carbonyl (C=O) groups is 2. The highest BCUT2D eigenvalue weighted by Gasteiger charge is 2.50. The summed E-state index contributed by atoms with van der Waals surface area (Å²) >= 11 is 0. The maximum atomic E-state index is 12.7. The molecule has 6 nitrogen and oxygen atoms in total. The number of carbonyl (C=O) groups excluding carboxylic acids is 2. The Kier molecular flexibility index (Phi) is 2.70. The van der Waals surface area contributed by atoms with Gasteiger partial charge in [-0.05, 0) is 25.3 Å². The number of hydrogen-bond acceptors (Lipinski definition) is 5. The highest BCUT2D eigenvalue weighted by molar-refractivity contribution is 5.81. The fraction of sp³-hybridized carbons (Fsp3) is 0.857. The van der Waals surface area contributed by atoms with Gasteiger partial charge in [-0.15, -0.1) is 0 Å². The zero-order chi connectivity index (χ0) is 13.7. The van der Waals surface area contributed by atoms with E-state index in [-0.39, 0.29) is 5.92 Å². The fourth-order valence-electron chi connectivity index (χ4n) is 4.23. The molecule has 0 aromatic carbocycles. The Morgan fingerprint density at radius 3 is 2.60 bits per heavy atom. The Labute approximate surface area is 117 Å². The van der Waals surface area contributed by atoms with Crippen LogP contribution in [0, 0.1) is 11.8 Å². The molecule has 6 heteroatoms. The van der Waals surface area contributed by atoms with E-state index in [1.165, 1.54) is 6.42 Å². The molecule has 4 aliphatic rings. The predicted molar refractivity (Wildman–Crippen MR) is 69.0 cm³/mol. The summed E-state index contributed by atoms with van der Waals surface area (Å²) in [5.41, 5.74) is -0.471. The number of cyclic esters (lactones) is 1. The first-order chi connectivity index (χ1) is 9.67. The van der Waals surface area contributed by atoms with Crippen LogP contribution in [0.15, 0.2) is 0 Å². The van der Waals surface area contributed by atoms with Crippen molar-refractivity contribution < 1.29 is 19.1 Å².